The zero-order valence-electron chi connectivity index (χ0n) is 14.6. The number of methoxy groups -OCH3 is 1. The summed E-state index contributed by atoms with van der Waals surface area (Å²) in [5.41, 5.74) is 3.23. The highest BCUT2D eigenvalue weighted by molar-refractivity contribution is 7.10. The van der Waals surface area contributed by atoms with Crippen LogP contribution in [0.5, 0.6) is 5.75 Å². The van der Waals surface area contributed by atoms with Crippen LogP contribution in [0.3, 0.4) is 0 Å². The van der Waals surface area contributed by atoms with E-state index in [0.29, 0.717) is 5.92 Å². The van der Waals surface area contributed by atoms with Gasteiger partial charge in [-0.2, -0.15) is 0 Å². The van der Waals surface area contributed by atoms with Crippen molar-refractivity contribution in [3.63, 3.8) is 0 Å². The summed E-state index contributed by atoms with van der Waals surface area (Å²) < 4.78 is 5.53. The van der Waals surface area contributed by atoms with Crippen LogP contribution in [-0.4, -0.2) is 37.6 Å². The number of hydrogen-bond acceptors (Lipinski definition) is 4. The van der Waals surface area contributed by atoms with Gasteiger partial charge in [0.25, 0.3) is 5.91 Å². The SMILES string of the molecule is COc1ccc(C(=O)N2CCc3sccc3C2)cc1CC1CCNC1. The Morgan fingerprint density at radius 1 is 1.40 bits per heavy atom. The van der Waals surface area contributed by atoms with Gasteiger partial charge in [-0.15, -0.1) is 11.3 Å². The van der Waals surface area contributed by atoms with Crippen molar-refractivity contribution in [3.05, 3.63) is 51.2 Å². The lowest BCUT2D eigenvalue weighted by Gasteiger charge is -2.27. The fraction of sp³-hybridized carbons (Fsp3) is 0.450. The third-order valence-corrected chi connectivity index (χ3v) is 6.32. The number of carbonyl (C=O) groups is 1. The van der Waals surface area contributed by atoms with Gasteiger partial charge in [-0.05, 0) is 79.0 Å². The summed E-state index contributed by atoms with van der Waals surface area (Å²) in [6, 6.07) is 8.04. The summed E-state index contributed by atoms with van der Waals surface area (Å²) in [4.78, 5) is 16.4. The molecule has 1 saturated heterocycles. The highest BCUT2D eigenvalue weighted by Gasteiger charge is 2.24. The number of nitrogens with zero attached hydrogens (tertiary/aromatic N) is 1. The minimum atomic E-state index is 0.130. The molecule has 25 heavy (non-hydrogen) atoms. The Morgan fingerprint density at radius 3 is 3.12 bits per heavy atom. The van der Waals surface area contributed by atoms with Gasteiger partial charge >= 0.3 is 0 Å². The molecule has 0 spiro atoms. The lowest BCUT2D eigenvalue weighted by atomic mass is 9.96. The molecule has 0 radical (unpaired) electrons. The molecule has 1 unspecified atom stereocenters. The number of benzene rings is 1. The summed E-state index contributed by atoms with van der Waals surface area (Å²) in [5.74, 6) is 1.65. The zero-order valence-corrected chi connectivity index (χ0v) is 15.4. The lowest BCUT2D eigenvalue weighted by Crippen LogP contribution is -2.35. The molecule has 2 aliphatic rings. The van der Waals surface area contributed by atoms with Crippen LogP contribution in [-0.2, 0) is 19.4 Å². The van der Waals surface area contributed by atoms with E-state index in [0.717, 1.165) is 55.9 Å². The van der Waals surface area contributed by atoms with Crippen LogP contribution in [0.4, 0.5) is 0 Å². The van der Waals surface area contributed by atoms with Gasteiger partial charge in [-0.1, -0.05) is 0 Å². The predicted octanol–water partition coefficient (Wildman–Crippen LogP) is 3.11. The van der Waals surface area contributed by atoms with Gasteiger partial charge in [-0.25, -0.2) is 0 Å². The maximum atomic E-state index is 13.0. The van der Waals surface area contributed by atoms with Crippen molar-refractivity contribution >= 4 is 17.2 Å². The maximum Gasteiger partial charge on any atom is 0.254 e. The van der Waals surface area contributed by atoms with E-state index in [9.17, 15) is 4.79 Å². The first kappa shape index (κ1) is 16.6. The Hall–Kier alpha value is -1.85. The smallest absolute Gasteiger partial charge is 0.254 e. The molecule has 132 valence electrons. The van der Waals surface area contributed by atoms with Crippen molar-refractivity contribution in [1.82, 2.24) is 10.2 Å². The van der Waals surface area contributed by atoms with E-state index in [2.05, 4.69) is 16.8 Å². The summed E-state index contributed by atoms with van der Waals surface area (Å²) in [6.45, 7) is 3.67. The van der Waals surface area contributed by atoms with Crippen LogP contribution >= 0.6 is 11.3 Å². The first-order valence-corrected chi connectivity index (χ1v) is 9.84. The first-order valence-electron chi connectivity index (χ1n) is 8.96. The normalized spacial score (nSPS) is 19.7. The molecule has 5 heteroatoms. The van der Waals surface area contributed by atoms with Gasteiger partial charge in [0.2, 0.25) is 0 Å². The minimum Gasteiger partial charge on any atom is -0.496 e. The van der Waals surface area contributed by atoms with E-state index < -0.39 is 0 Å². The fourth-order valence-corrected chi connectivity index (χ4v) is 4.76. The van der Waals surface area contributed by atoms with E-state index in [1.54, 1.807) is 18.4 Å². The number of amides is 1. The quantitative estimate of drug-likeness (QED) is 0.915. The number of hydrogen-bond donors (Lipinski definition) is 1. The topological polar surface area (TPSA) is 41.6 Å². The summed E-state index contributed by atoms with van der Waals surface area (Å²) in [7, 11) is 1.70. The molecule has 0 bridgehead atoms. The molecule has 1 atom stereocenters. The Bertz CT molecular complexity index is 765. The summed E-state index contributed by atoms with van der Waals surface area (Å²) >= 11 is 1.80. The highest BCUT2D eigenvalue weighted by Crippen LogP contribution is 2.28. The predicted molar refractivity (Wildman–Crippen MR) is 100 cm³/mol. The van der Waals surface area contributed by atoms with Crippen molar-refractivity contribution in [2.45, 2.75) is 25.8 Å². The Balaban J connectivity index is 1.54. The van der Waals surface area contributed by atoms with E-state index in [-0.39, 0.29) is 5.91 Å². The first-order chi connectivity index (χ1) is 12.2. The third kappa shape index (κ3) is 3.44. The van der Waals surface area contributed by atoms with Crippen LogP contribution in [0.25, 0.3) is 0 Å². The number of nitrogens with one attached hydrogen (secondary N) is 1. The van der Waals surface area contributed by atoms with Crippen molar-refractivity contribution in [2.75, 3.05) is 26.7 Å². The van der Waals surface area contributed by atoms with Crippen molar-refractivity contribution < 1.29 is 9.53 Å². The molecule has 2 aromatic rings. The summed E-state index contributed by atoms with van der Waals surface area (Å²) in [6.07, 6.45) is 3.12. The van der Waals surface area contributed by atoms with Gasteiger partial charge in [0, 0.05) is 23.5 Å². The number of carbonyl (C=O) groups excluding carboxylic acids is 1. The maximum absolute atomic E-state index is 13.0. The number of ether oxygens (including phenoxy) is 1. The molecule has 1 fully saturated rings. The van der Waals surface area contributed by atoms with Gasteiger partial charge in [0.15, 0.2) is 0 Å². The molecule has 0 saturated carbocycles. The third-order valence-electron chi connectivity index (χ3n) is 5.29. The number of rotatable bonds is 4. The lowest BCUT2D eigenvalue weighted by molar-refractivity contribution is 0.0735. The molecule has 4 rings (SSSR count). The van der Waals surface area contributed by atoms with E-state index in [4.69, 9.17) is 4.74 Å². The molecule has 0 aliphatic carbocycles. The monoisotopic (exact) mass is 356 g/mol. The van der Waals surface area contributed by atoms with Crippen LogP contribution in [0.1, 0.15) is 32.8 Å². The largest absolute Gasteiger partial charge is 0.496 e. The van der Waals surface area contributed by atoms with E-state index >= 15 is 0 Å². The van der Waals surface area contributed by atoms with Gasteiger partial charge in [0.1, 0.15) is 5.75 Å². The van der Waals surface area contributed by atoms with Crippen molar-refractivity contribution in [1.29, 1.82) is 0 Å². The van der Waals surface area contributed by atoms with Crippen LogP contribution in [0.2, 0.25) is 0 Å². The molecule has 3 heterocycles. The Labute approximate surface area is 152 Å². The van der Waals surface area contributed by atoms with Crippen LogP contribution < -0.4 is 10.1 Å². The van der Waals surface area contributed by atoms with Gasteiger partial charge in [-0.3, -0.25) is 4.79 Å². The average Bonchev–Trinajstić information content (AvgIpc) is 3.31. The molecule has 4 nitrogen and oxygen atoms in total. The minimum absolute atomic E-state index is 0.130. The molecule has 1 aromatic carbocycles. The fourth-order valence-electron chi connectivity index (χ4n) is 3.88. The van der Waals surface area contributed by atoms with Gasteiger partial charge < -0.3 is 15.0 Å². The standard InChI is InChI=1S/C20H24N2O2S/c1-24-18-3-2-15(11-17(18)10-14-4-7-21-12-14)20(23)22-8-5-19-16(13-22)6-9-25-19/h2-3,6,9,11,14,21H,4-5,7-8,10,12-13H2,1H3. The molecule has 1 aromatic heterocycles. The second kappa shape index (κ2) is 7.18. The molecular weight excluding hydrogens is 332 g/mol. The molecule has 1 N–H and O–H groups in total. The molecule has 2 aliphatic heterocycles. The van der Waals surface area contributed by atoms with E-state index in [1.165, 1.54) is 16.9 Å². The van der Waals surface area contributed by atoms with E-state index in [1.807, 2.05) is 23.1 Å². The van der Waals surface area contributed by atoms with Crippen LogP contribution in [0.15, 0.2) is 29.6 Å². The van der Waals surface area contributed by atoms with Crippen molar-refractivity contribution in [2.24, 2.45) is 5.92 Å². The molecule has 1 amide bonds. The number of fused-ring (bicyclic) bond motifs is 1. The van der Waals surface area contributed by atoms with Gasteiger partial charge in [0.05, 0.1) is 7.11 Å². The average molecular weight is 356 g/mol. The van der Waals surface area contributed by atoms with Crippen LogP contribution in [0, 0.1) is 5.92 Å². The van der Waals surface area contributed by atoms with Crippen molar-refractivity contribution in [3.8, 4) is 5.75 Å². The number of thiophene rings is 1. The second-order valence-electron chi connectivity index (χ2n) is 6.94. The Morgan fingerprint density at radius 2 is 2.32 bits per heavy atom. The zero-order chi connectivity index (χ0) is 17.2. The highest BCUT2D eigenvalue weighted by atomic mass is 32.1. The Kier molecular flexibility index (Phi) is 4.77. The summed E-state index contributed by atoms with van der Waals surface area (Å²) in [5, 5.41) is 5.54. The second-order valence-corrected chi connectivity index (χ2v) is 7.94. The molecular formula is C20H24N2O2S.